The number of benzene rings is 2. The summed E-state index contributed by atoms with van der Waals surface area (Å²) in [5.41, 5.74) is 5.62. The summed E-state index contributed by atoms with van der Waals surface area (Å²) < 4.78 is 13.6. The number of aryl methyl sites for hydroxylation is 2. The number of hydrogen-bond donors (Lipinski definition) is 3. The summed E-state index contributed by atoms with van der Waals surface area (Å²) in [6.07, 6.45) is 27.2. The molecule has 4 unspecified atom stereocenters. The van der Waals surface area contributed by atoms with E-state index in [9.17, 15) is 9.50 Å². The molecule has 2 aromatic rings. The Labute approximate surface area is 292 Å². The fourth-order valence-corrected chi connectivity index (χ4v) is 9.70. The molecular formula is C44H67FN2O. The van der Waals surface area contributed by atoms with Crippen molar-refractivity contribution in [1.29, 1.82) is 0 Å². The van der Waals surface area contributed by atoms with Crippen LogP contribution in [0.5, 0.6) is 5.75 Å². The van der Waals surface area contributed by atoms with Gasteiger partial charge in [-0.15, -0.1) is 0 Å². The maximum absolute atomic E-state index is 13.6. The van der Waals surface area contributed by atoms with E-state index in [1.807, 2.05) is 26.0 Å². The highest BCUT2D eigenvalue weighted by Gasteiger charge is 2.36. The first-order chi connectivity index (χ1) is 23.6. The standard InChI is InChI=1S/C21H30FN.C21H31NO.C2H6/c22-18-9-10-19-17(13-18)8-11-21(20(19)12-15-6-7-15)23-14-16-4-2-1-3-5-16;23-18-9-10-19-17(13-18)8-11-21(20(19)12-15-6-7-15)22-14-16-4-2-1-3-5-16;1-2/h9-10,13,15-16,20-21,23H,1-8,11-12,14H2;9-10,13,15-16,20-23H,1-8,11-12,14H2;1-2H3. The van der Waals surface area contributed by atoms with Gasteiger partial charge >= 0.3 is 0 Å². The molecule has 0 spiro atoms. The molecule has 4 fully saturated rings. The molecule has 0 radical (unpaired) electrons. The molecule has 8 rings (SSSR count). The summed E-state index contributed by atoms with van der Waals surface area (Å²) in [5, 5.41) is 17.7. The molecule has 0 aliphatic heterocycles. The van der Waals surface area contributed by atoms with Crippen molar-refractivity contribution in [3.05, 3.63) is 64.5 Å². The molecule has 6 aliphatic carbocycles. The van der Waals surface area contributed by atoms with Crippen LogP contribution >= 0.6 is 0 Å². The highest BCUT2D eigenvalue weighted by molar-refractivity contribution is 5.40. The number of phenolic OH excluding ortho intramolecular Hbond substituents is 1. The predicted molar refractivity (Wildman–Crippen MR) is 199 cm³/mol. The zero-order valence-corrected chi connectivity index (χ0v) is 30.5. The smallest absolute Gasteiger partial charge is 0.123 e. The second-order valence-corrected chi connectivity index (χ2v) is 16.4. The minimum Gasteiger partial charge on any atom is -0.508 e. The number of phenols is 1. The monoisotopic (exact) mass is 659 g/mol. The van der Waals surface area contributed by atoms with Gasteiger partial charge in [0.15, 0.2) is 0 Å². The van der Waals surface area contributed by atoms with Gasteiger partial charge in [0, 0.05) is 12.1 Å². The Hall–Kier alpha value is -1.91. The van der Waals surface area contributed by atoms with Gasteiger partial charge in [0.25, 0.3) is 0 Å². The number of aromatic hydroxyl groups is 1. The molecular weight excluding hydrogens is 591 g/mol. The molecule has 4 saturated carbocycles. The SMILES string of the molecule is CC.Fc1ccc2c(c1)CCC(NCC1CCCCC1)C2CC1CC1.Oc1ccc2c(c1)CCC(NCC1CCCCC1)C2CC1CC1. The van der Waals surface area contributed by atoms with Gasteiger partial charge in [-0.3, -0.25) is 0 Å². The summed E-state index contributed by atoms with van der Waals surface area (Å²) >= 11 is 0. The fraction of sp³-hybridized carbons (Fsp3) is 0.727. The molecule has 0 amide bonds. The average Bonchev–Trinajstić information content (AvgIpc) is 4.07. The fourth-order valence-electron chi connectivity index (χ4n) is 9.70. The topological polar surface area (TPSA) is 44.3 Å². The Kier molecular flexibility index (Phi) is 13.3. The lowest BCUT2D eigenvalue weighted by molar-refractivity contribution is 0.294. The van der Waals surface area contributed by atoms with E-state index in [-0.39, 0.29) is 5.82 Å². The van der Waals surface area contributed by atoms with E-state index in [0.717, 1.165) is 36.5 Å². The van der Waals surface area contributed by atoms with Gasteiger partial charge in [0.05, 0.1) is 0 Å². The van der Waals surface area contributed by atoms with Crippen molar-refractivity contribution in [3.8, 4) is 5.75 Å². The minimum absolute atomic E-state index is 0.0671. The van der Waals surface area contributed by atoms with Gasteiger partial charge in [-0.2, -0.15) is 0 Å². The average molecular weight is 659 g/mol. The van der Waals surface area contributed by atoms with E-state index < -0.39 is 0 Å². The number of hydrogen-bond acceptors (Lipinski definition) is 3. The molecule has 266 valence electrons. The second kappa shape index (κ2) is 17.8. The van der Waals surface area contributed by atoms with Crippen LogP contribution in [0.3, 0.4) is 0 Å². The van der Waals surface area contributed by atoms with Crippen LogP contribution in [0.1, 0.15) is 164 Å². The molecule has 0 saturated heterocycles. The third-order valence-corrected chi connectivity index (χ3v) is 12.8. The molecule has 4 heteroatoms. The second-order valence-electron chi connectivity index (χ2n) is 16.4. The van der Waals surface area contributed by atoms with Crippen LogP contribution in [0.4, 0.5) is 4.39 Å². The summed E-state index contributed by atoms with van der Waals surface area (Å²) in [5.74, 6) is 5.32. The lowest BCUT2D eigenvalue weighted by Gasteiger charge is -2.36. The van der Waals surface area contributed by atoms with Gasteiger partial charge in [-0.05, 0) is 159 Å². The Morgan fingerprint density at radius 1 is 0.562 bits per heavy atom. The molecule has 3 nitrogen and oxygen atoms in total. The van der Waals surface area contributed by atoms with Crippen LogP contribution < -0.4 is 10.6 Å². The Morgan fingerprint density at radius 2 is 1.02 bits per heavy atom. The van der Waals surface area contributed by atoms with Crippen molar-refractivity contribution >= 4 is 0 Å². The van der Waals surface area contributed by atoms with Crippen molar-refractivity contribution < 1.29 is 9.50 Å². The molecule has 0 heterocycles. The van der Waals surface area contributed by atoms with Gasteiger partial charge in [-0.1, -0.05) is 90.2 Å². The molecule has 48 heavy (non-hydrogen) atoms. The van der Waals surface area contributed by atoms with E-state index in [2.05, 4.69) is 22.8 Å². The van der Waals surface area contributed by atoms with Crippen molar-refractivity contribution in [3.63, 3.8) is 0 Å². The highest BCUT2D eigenvalue weighted by atomic mass is 19.1. The minimum atomic E-state index is -0.0671. The third-order valence-electron chi connectivity index (χ3n) is 12.8. The summed E-state index contributed by atoms with van der Waals surface area (Å²) in [4.78, 5) is 0. The predicted octanol–water partition coefficient (Wildman–Crippen LogP) is 11.0. The van der Waals surface area contributed by atoms with Crippen LogP contribution in [0.25, 0.3) is 0 Å². The first kappa shape index (κ1) is 35.9. The molecule has 3 N–H and O–H groups in total. The lowest BCUT2D eigenvalue weighted by Crippen LogP contribution is -2.41. The molecule has 0 bridgehead atoms. The van der Waals surface area contributed by atoms with E-state index in [1.54, 1.807) is 12.1 Å². The third kappa shape index (κ3) is 10.1. The first-order valence-electron chi connectivity index (χ1n) is 20.7. The normalized spacial score (nSPS) is 27.5. The number of halogens is 1. The lowest BCUT2D eigenvalue weighted by atomic mass is 9.76. The van der Waals surface area contributed by atoms with E-state index in [0.29, 0.717) is 29.7 Å². The van der Waals surface area contributed by atoms with Crippen molar-refractivity contribution in [1.82, 2.24) is 10.6 Å². The zero-order valence-electron chi connectivity index (χ0n) is 30.5. The van der Waals surface area contributed by atoms with Crippen LogP contribution in [-0.4, -0.2) is 30.3 Å². The van der Waals surface area contributed by atoms with Crippen molar-refractivity contribution in [2.45, 2.75) is 166 Å². The van der Waals surface area contributed by atoms with Crippen molar-refractivity contribution in [2.24, 2.45) is 23.7 Å². The summed E-state index contributed by atoms with van der Waals surface area (Å²) in [7, 11) is 0. The van der Waals surface area contributed by atoms with Crippen LogP contribution in [0.2, 0.25) is 0 Å². The number of nitrogens with one attached hydrogen (secondary N) is 2. The maximum Gasteiger partial charge on any atom is 0.123 e. The Bertz CT molecular complexity index is 1160. The number of rotatable bonds is 10. The largest absolute Gasteiger partial charge is 0.508 e. The first-order valence-corrected chi connectivity index (χ1v) is 20.7. The van der Waals surface area contributed by atoms with E-state index >= 15 is 0 Å². The molecule has 2 aromatic carbocycles. The van der Waals surface area contributed by atoms with Gasteiger partial charge in [0.1, 0.15) is 11.6 Å². The maximum atomic E-state index is 13.6. The Balaban J connectivity index is 0.000000159. The number of fused-ring (bicyclic) bond motifs is 2. The quantitative estimate of drug-likeness (QED) is 0.238. The van der Waals surface area contributed by atoms with Crippen LogP contribution in [0, 0.1) is 29.5 Å². The van der Waals surface area contributed by atoms with Crippen LogP contribution in [0.15, 0.2) is 36.4 Å². The van der Waals surface area contributed by atoms with E-state index in [1.165, 1.54) is 151 Å². The van der Waals surface area contributed by atoms with Gasteiger partial charge in [0.2, 0.25) is 0 Å². The van der Waals surface area contributed by atoms with Gasteiger partial charge < -0.3 is 15.7 Å². The zero-order chi connectivity index (χ0) is 33.3. The van der Waals surface area contributed by atoms with Gasteiger partial charge in [-0.25, -0.2) is 4.39 Å². The summed E-state index contributed by atoms with van der Waals surface area (Å²) in [6, 6.07) is 12.9. The Morgan fingerprint density at radius 3 is 1.50 bits per heavy atom. The molecule has 0 aromatic heterocycles. The van der Waals surface area contributed by atoms with Crippen molar-refractivity contribution in [2.75, 3.05) is 13.1 Å². The summed E-state index contributed by atoms with van der Waals surface area (Å²) in [6.45, 7) is 6.42. The van der Waals surface area contributed by atoms with Crippen LogP contribution in [-0.2, 0) is 12.8 Å². The molecule has 6 aliphatic rings. The molecule has 4 atom stereocenters. The van der Waals surface area contributed by atoms with E-state index in [4.69, 9.17) is 0 Å². The highest BCUT2D eigenvalue weighted by Crippen LogP contribution is 2.45.